The third-order valence-electron chi connectivity index (χ3n) is 14.8. The Balaban J connectivity index is 1.69. The molecule has 1 amide bonds. The number of carbonyl (C=O) groups excluding carboxylic acids is 5. The second-order valence-corrected chi connectivity index (χ2v) is 20.0. The molecule has 3 fully saturated rings. The van der Waals surface area contributed by atoms with Gasteiger partial charge in [0.25, 0.3) is 11.7 Å². The number of fused-ring (bicyclic) bond motifs is 4. The first-order valence-electron chi connectivity index (χ1n) is 24.4. The van der Waals surface area contributed by atoms with Crippen molar-refractivity contribution >= 4 is 29.2 Å². The molecule has 4 aliphatic rings. The molecule has 0 aromatic heterocycles. The summed E-state index contributed by atoms with van der Waals surface area (Å²) in [5.74, 6) is -7.98. The zero-order valence-corrected chi connectivity index (χ0v) is 41.3. The van der Waals surface area contributed by atoms with Crippen LogP contribution in [0.3, 0.4) is 0 Å². The van der Waals surface area contributed by atoms with Crippen LogP contribution in [-0.2, 0) is 47.7 Å². The van der Waals surface area contributed by atoms with E-state index in [1.165, 1.54) is 12.0 Å². The number of aliphatic hydroxyl groups excluding tert-OH is 2. The largest absolute Gasteiger partial charge is 0.460 e. The number of carbonyl (C=O) groups is 5. The molecule has 2 saturated heterocycles. The predicted octanol–water partition coefficient (Wildman–Crippen LogP) is 6.43. The Labute approximate surface area is 393 Å². The van der Waals surface area contributed by atoms with E-state index in [-0.39, 0.29) is 73.4 Å². The second-order valence-electron chi connectivity index (χ2n) is 20.0. The van der Waals surface area contributed by atoms with Crippen molar-refractivity contribution in [3.05, 3.63) is 47.6 Å². The first-order chi connectivity index (χ1) is 31.2. The average Bonchev–Trinajstić information content (AvgIpc) is 3.44. The van der Waals surface area contributed by atoms with Gasteiger partial charge in [-0.15, -0.1) is 0 Å². The number of nitrogens with zero attached hydrogens (tertiary/aromatic N) is 1. The fourth-order valence-corrected chi connectivity index (χ4v) is 10.3. The summed E-state index contributed by atoms with van der Waals surface area (Å²) in [6.07, 6.45) is 12.5. The number of aliphatic hydroxyl groups is 3. The van der Waals surface area contributed by atoms with Crippen molar-refractivity contribution in [3.8, 4) is 0 Å². The molecule has 14 nitrogen and oxygen atoms in total. The molecule has 1 saturated carbocycles. The molecule has 1 aliphatic carbocycles. The summed E-state index contributed by atoms with van der Waals surface area (Å²) < 4.78 is 29.3. The average molecular weight is 928 g/mol. The van der Waals surface area contributed by atoms with E-state index in [2.05, 4.69) is 0 Å². The van der Waals surface area contributed by atoms with E-state index in [0.29, 0.717) is 63.4 Å². The molecule has 15 atom stereocenters. The Hall–Kier alpha value is -3.37. The molecule has 3 heterocycles. The van der Waals surface area contributed by atoms with Gasteiger partial charge in [0.1, 0.15) is 30.1 Å². The number of hydrogen-bond donors (Lipinski definition) is 3. The fourth-order valence-electron chi connectivity index (χ4n) is 10.3. The number of amides is 1. The summed E-state index contributed by atoms with van der Waals surface area (Å²) in [5, 5.41) is 33.8. The molecule has 0 aromatic carbocycles. The molecule has 66 heavy (non-hydrogen) atoms. The number of methoxy groups -OCH3 is 3. The van der Waals surface area contributed by atoms with Gasteiger partial charge in [-0.1, -0.05) is 71.1 Å². The molecule has 372 valence electrons. The first kappa shape index (κ1) is 55.2. The van der Waals surface area contributed by atoms with Gasteiger partial charge < -0.3 is 43.9 Å². The lowest BCUT2D eigenvalue weighted by atomic mass is 9.78. The molecule has 0 spiro atoms. The van der Waals surface area contributed by atoms with E-state index >= 15 is 0 Å². The maximum absolute atomic E-state index is 14.4. The smallest absolute Gasteiger partial charge is 0.329 e. The van der Waals surface area contributed by atoms with Crippen molar-refractivity contribution in [1.29, 1.82) is 0 Å². The third kappa shape index (κ3) is 14.6. The Bertz CT molecular complexity index is 1770. The number of hydrogen-bond acceptors (Lipinski definition) is 13. The van der Waals surface area contributed by atoms with E-state index in [0.717, 1.165) is 12.0 Å². The van der Waals surface area contributed by atoms with Crippen molar-refractivity contribution in [2.45, 2.75) is 174 Å². The molecule has 0 unspecified atom stereocenters. The number of ketones is 3. The minimum absolute atomic E-state index is 0.0196. The highest BCUT2D eigenvalue weighted by Crippen LogP contribution is 2.37. The van der Waals surface area contributed by atoms with Crippen molar-refractivity contribution in [1.82, 2.24) is 4.90 Å². The number of ether oxygens (including phenoxy) is 5. The van der Waals surface area contributed by atoms with Gasteiger partial charge in [0.2, 0.25) is 5.79 Å². The second kappa shape index (κ2) is 25.8. The minimum Gasteiger partial charge on any atom is -0.460 e. The highest BCUT2D eigenvalue weighted by Gasteiger charge is 2.51. The molecule has 0 radical (unpaired) electrons. The van der Waals surface area contributed by atoms with Gasteiger partial charge in [-0.3, -0.25) is 19.2 Å². The van der Waals surface area contributed by atoms with Crippen LogP contribution in [0.15, 0.2) is 47.6 Å². The Morgan fingerprint density at radius 1 is 0.848 bits per heavy atom. The summed E-state index contributed by atoms with van der Waals surface area (Å²) in [6, 6.07) is -1.13. The Morgan fingerprint density at radius 3 is 2.26 bits per heavy atom. The minimum atomic E-state index is -2.40. The maximum Gasteiger partial charge on any atom is 0.329 e. The molecule has 3 N–H and O–H groups in total. The summed E-state index contributed by atoms with van der Waals surface area (Å²) in [7, 11) is 4.58. The van der Waals surface area contributed by atoms with Crippen molar-refractivity contribution in [3.63, 3.8) is 0 Å². The highest BCUT2D eigenvalue weighted by atomic mass is 16.6. The number of cyclic esters (lactones) is 1. The highest BCUT2D eigenvalue weighted by molar-refractivity contribution is 6.39. The van der Waals surface area contributed by atoms with E-state index in [1.54, 1.807) is 41.1 Å². The molecular weight excluding hydrogens is 847 g/mol. The van der Waals surface area contributed by atoms with Crippen LogP contribution in [0.4, 0.5) is 0 Å². The topological polar surface area (TPSA) is 195 Å². The third-order valence-corrected chi connectivity index (χ3v) is 14.8. The lowest BCUT2D eigenvalue weighted by molar-refractivity contribution is -0.225. The summed E-state index contributed by atoms with van der Waals surface area (Å²) >= 11 is 0. The summed E-state index contributed by atoms with van der Waals surface area (Å²) in [6.45, 7) is 12.9. The SMILES string of the molecule is CO[C@H]1C[C@@H]2CC[C@@H](C)[C@@](O)(OC2)C(=O)C(=O)N2CCCC[C@H]2C(=O)O[C@H]([C@H](C)C[C@@H]2CC[C@@H](O)[C@H](OC)C2)CC(=O)[C@H](C)/C=C(\C)[C@@H](O)[C@@H](OC)C(=O)[C@H](C)C[C@H](C)/C=C/C=C/C=C/1C. The number of piperidine rings is 1. The standard InChI is InChI=1S/C52H81NO13/c1-31-16-12-11-13-17-32(2)43(62-8)28-39-20-19-37(7)52(61,65-30-39)49(58)50(59)53-23-15-14-18-40(53)51(60)66-44(34(4)26-38-21-22-41(54)45(27-38)63-9)29-42(55)33(3)25-36(6)47(57)48(64-10)46(56)35(5)24-31/h11-13,16-17,25,31,33-35,37-41,43-45,47-48,54,57,61H,14-15,18-24,26-30H2,1-10H3/b13-11+,16-12+,32-17+,36-25+/t31-,33-,34-,35-,37-,38+,39+,40+,41-,43+,44+,45-,47-,48+,52-/m1/s1. The van der Waals surface area contributed by atoms with Crippen LogP contribution in [0.25, 0.3) is 0 Å². The predicted molar refractivity (Wildman–Crippen MR) is 250 cm³/mol. The monoisotopic (exact) mass is 928 g/mol. The molecule has 0 aromatic rings. The maximum atomic E-state index is 14.4. The van der Waals surface area contributed by atoms with Crippen molar-refractivity contribution < 1.29 is 63.0 Å². The van der Waals surface area contributed by atoms with Crippen molar-refractivity contribution in [2.24, 2.45) is 41.4 Å². The summed E-state index contributed by atoms with van der Waals surface area (Å²) in [4.78, 5) is 71.8. The first-order valence-corrected chi connectivity index (χ1v) is 24.4. The molecular formula is C52H81NO13. The molecule has 3 aliphatic heterocycles. The van der Waals surface area contributed by atoms with Crippen LogP contribution in [-0.4, -0.2) is 132 Å². The van der Waals surface area contributed by atoms with E-state index in [1.807, 2.05) is 58.1 Å². The van der Waals surface area contributed by atoms with Gasteiger partial charge in [-0.2, -0.15) is 0 Å². The van der Waals surface area contributed by atoms with E-state index in [4.69, 9.17) is 23.7 Å². The Kier molecular flexibility index (Phi) is 21.6. The molecule has 14 heteroatoms. The number of allylic oxidation sites excluding steroid dienone is 6. The van der Waals surface area contributed by atoms with Gasteiger partial charge >= 0.3 is 5.97 Å². The van der Waals surface area contributed by atoms with Crippen LogP contribution in [0.5, 0.6) is 0 Å². The lowest BCUT2D eigenvalue weighted by Crippen LogP contribution is -2.58. The van der Waals surface area contributed by atoms with Crippen molar-refractivity contribution in [2.75, 3.05) is 34.5 Å². The van der Waals surface area contributed by atoms with Gasteiger partial charge in [-0.05, 0) is 119 Å². The van der Waals surface area contributed by atoms with Crippen LogP contribution in [0, 0.1) is 41.4 Å². The van der Waals surface area contributed by atoms with E-state index < -0.39 is 71.7 Å². The van der Waals surface area contributed by atoms with Gasteiger partial charge in [0.05, 0.1) is 24.9 Å². The number of rotatable bonds is 6. The van der Waals surface area contributed by atoms with Gasteiger partial charge in [0, 0.05) is 52.0 Å². The lowest BCUT2D eigenvalue weighted by Gasteiger charge is -2.38. The normalized spacial score (nSPS) is 40.2. The number of Topliss-reactive ketones (excluding diaryl/α,β-unsaturated/α-hetero) is 3. The Morgan fingerprint density at radius 2 is 1.58 bits per heavy atom. The van der Waals surface area contributed by atoms with Crippen LogP contribution >= 0.6 is 0 Å². The zero-order chi connectivity index (χ0) is 48.9. The summed E-state index contributed by atoms with van der Waals surface area (Å²) in [5.41, 5.74) is 1.35. The van der Waals surface area contributed by atoms with Gasteiger partial charge in [0.15, 0.2) is 5.78 Å². The molecule has 2 bridgehead atoms. The van der Waals surface area contributed by atoms with Crippen LogP contribution in [0.1, 0.15) is 126 Å². The zero-order valence-electron chi connectivity index (χ0n) is 41.3. The number of esters is 1. The molecule has 4 rings (SSSR count). The quantitative estimate of drug-likeness (QED) is 0.150. The fraction of sp³-hybridized carbons (Fsp3) is 0.750. The van der Waals surface area contributed by atoms with E-state index in [9.17, 15) is 39.3 Å². The van der Waals surface area contributed by atoms with Crippen LogP contribution < -0.4 is 0 Å². The van der Waals surface area contributed by atoms with Crippen LogP contribution in [0.2, 0.25) is 0 Å². The van der Waals surface area contributed by atoms with Gasteiger partial charge in [-0.25, -0.2) is 4.79 Å².